The van der Waals surface area contributed by atoms with Crippen molar-refractivity contribution in [3.63, 3.8) is 0 Å². The maximum absolute atomic E-state index is 13.6. The number of nitrogens with zero attached hydrogens (tertiary/aromatic N) is 2. The number of hydrogen-bond donors (Lipinski definition) is 1. The van der Waals surface area contributed by atoms with E-state index in [1.165, 1.54) is 6.07 Å². The van der Waals surface area contributed by atoms with Gasteiger partial charge < -0.3 is 5.11 Å². The zero-order valence-corrected chi connectivity index (χ0v) is 9.74. The molecule has 0 atom stereocenters. The number of aliphatic hydroxyl groups excluding tert-OH is 1. The van der Waals surface area contributed by atoms with Crippen LogP contribution in [0.25, 0.3) is 11.4 Å². The van der Waals surface area contributed by atoms with Gasteiger partial charge in [0.25, 0.3) is 0 Å². The Labute approximate surface area is 99.0 Å². The van der Waals surface area contributed by atoms with E-state index < -0.39 is 0 Å². The van der Waals surface area contributed by atoms with E-state index >= 15 is 0 Å². The molecule has 88 valence electrons. The molecule has 1 aromatic carbocycles. The van der Waals surface area contributed by atoms with Gasteiger partial charge in [-0.1, -0.05) is 12.1 Å². The van der Waals surface area contributed by atoms with E-state index in [1.54, 1.807) is 32.0 Å². The molecule has 2 aromatic rings. The van der Waals surface area contributed by atoms with Crippen LogP contribution in [0.1, 0.15) is 17.0 Å². The van der Waals surface area contributed by atoms with Crippen LogP contribution in [-0.2, 0) is 6.61 Å². The molecule has 0 saturated carbocycles. The van der Waals surface area contributed by atoms with Crippen molar-refractivity contribution in [1.29, 1.82) is 0 Å². The summed E-state index contributed by atoms with van der Waals surface area (Å²) in [6, 6.07) is 6.39. The first-order chi connectivity index (χ1) is 8.13. The number of aryl methyl sites for hydroxylation is 2. The third kappa shape index (κ3) is 2.17. The standard InChI is InChI=1S/C13H13FN2O/c1-8-11(7-17)9(2)16-13(15-8)10-5-3-4-6-12(10)14/h3-6,17H,7H2,1-2H3. The number of rotatable bonds is 2. The average Bonchev–Trinajstić information content (AvgIpc) is 2.29. The smallest absolute Gasteiger partial charge is 0.162 e. The molecule has 0 spiro atoms. The van der Waals surface area contributed by atoms with Gasteiger partial charge in [0.05, 0.1) is 12.2 Å². The van der Waals surface area contributed by atoms with Gasteiger partial charge in [-0.05, 0) is 26.0 Å². The monoisotopic (exact) mass is 232 g/mol. The van der Waals surface area contributed by atoms with E-state index in [9.17, 15) is 4.39 Å². The number of benzene rings is 1. The summed E-state index contributed by atoms with van der Waals surface area (Å²) in [7, 11) is 0. The van der Waals surface area contributed by atoms with E-state index in [-0.39, 0.29) is 12.4 Å². The number of hydrogen-bond acceptors (Lipinski definition) is 3. The molecular weight excluding hydrogens is 219 g/mol. The summed E-state index contributed by atoms with van der Waals surface area (Å²) in [5.41, 5.74) is 2.43. The maximum Gasteiger partial charge on any atom is 0.162 e. The Balaban J connectivity index is 2.59. The van der Waals surface area contributed by atoms with Gasteiger partial charge in [-0.3, -0.25) is 0 Å². The second-order valence-corrected chi connectivity index (χ2v) is 3.83. The zero-order chi connectivity index (χ0) is 12.4. The van der Waals surface area contributed by atoms with Crippen LogP contribution in [0.15, 0.2) is 24.3 Å². The normalized spacial score (nSPS) is 10.6. The molecule has 0 radical (unpaired) electrons. The first-order valence-electron chi connectivity index (χ1n) is 5.33. The molecule has 0 unspecified atom stereocenters. The van der Waals surface area contributed by atoms with E-state index in [4.69, 9.17) is 5.11 Å². The van der Waals surface area contributed by atoms with Crippen molar-refractivity contribution < 1.29 is 9.50 Å². The van der Waals surface area contributed by atoms with Crippen LogP contribution in [-0.4, -0.2) is 15.1 Å². The summed E-state index contributed by atoms with van der Waals surface area (Å²) in [6.45, 7) is 3.46. The molecule has 0 amide bonds. The maximum atomic E-state index is 13.6. The fourth-order valence-corrected chi connectivity index (χ4v) is 1.73. The molecule has 0 aliphatic heterocycles. The van der Waals surface area contributed by atoms with Crippen molar-refractivity contribution >= 4 is 0 Å². The fraction of sp³-hybridized carbons (Fsp3) is 0.231. The van der Waals surface area contributed by atoms with Gasteiger partial charge >= 0.3 is 0 Å². The largest absolute Gasteiger partial charge is 0.392 e. The highest BCUT2D eigenvalue weighted by Gasteiger charge is 2.11. The van der Waals surface area contributed by atoms with E-state index in [2.05, 4.69) is 9.97 Å². The van der Waals surface area contributed by atoms with E-state index in [0.717, 1.165) is 0 Å². The van der Waals surface area contributed by atoms with Crippen molar-refractivity contribution in [3.05, 3.63) is 47.0 Å². The minimum atomic E-state index is -0.344. The summed E-state index contributed by atoms with van der Waals surface area (Å²) in [4.78, 5) is 8.45. The lowest BCUT2D eigenvalue weighted by Gasteiger charge is -2.09. The fourth-order valence-electron chi connectivity index (χ4n) is 1.73. The summed E-state index contributed by atoms with van der Waals surface area (Å²) in [5.74, 6) is 0.0124. The minimum absolute atomic E-state index is 0.102. The highest BCUT2D eigenvalue weighted by atomic mass is 19.1. The Morgan fingerprint density at radius 1 is 1.12 bits per heavy atom. The molecule has 1 aromatic heterocycles. The van der Waals surface area contributed by atoms with E-state index in [1.807, 2.05) is 0 Å². The van der Waals surface area contributed by atoms with Crippen molar-refractivity contribution in [1.82, 2.24) is 9.97 Å². The Kier molecular flexibility index (Phi) is 3.15. The first-order valence-corrected chi connectivity index (χ1v) is 5.33. The molecule has 3 nitrogen and oxygen atoms in total. The summed E-state index contributed by atoms with van der Waals surface area (Å²) in [6.07, 6.45) is 0. The summed E-state index contributed by atoms with van der Waals surface area (Å²) >= 11 is 0. The van der Waals surface area contributed by atoms with Crippen molar-refractivity contribution in [2.45, 2.75) is 20.5 Å². The van der Waals surface area contributed by atoms with E-state index in [0.29, 0.717) is 28.3 Å². The van der Waals surface area contributed by atoms with Crippen LogP contribution in [0.3, 0.4) is 0 Å². The van der Waals surface area contributed by atoms with Crippen LogP contribution in [0.4, 0.5) is 4.39 Å². The molecule has 0 aliphatic carbocycles. The van der Waals surface area contributed by atoms with Crippen LogP contribution < -0.4 is 0 Å². The predicted molar refractivity (Wildman–Crippen MR) is 62.8 cm³/mol. The van der Waals surface area contributed by atoms with Gasteiger partial charge in [0.15, 0.2) is 5.82 Å². The van der Waals surface area contributed by atoms with Crippen molar-refractivity contribution in [3.8, 4) is 11.4 Å². The SMILES string of the molecule is Cc1nc(-c2ccccc2F)nc(C)c1CO. The Hall–Kier alpha value is -1.81. The molecule has 17 heavy (non-hydrogen) atoms. The number of aromatic nitrogens is 2. The topological polar surface area (TPSA) is 46.0 Å². The van der Waals surface area contributed by atoms with Gasteiger partial charge in [0.1, 0.15) is 5.82 Å². The van der Waals surface area contributed by atoms with Crippen molar-refractivity contribution in [2.75, 3.05) is 0 Å². The molecular formula is C13H13FN2O. The lowest BCUT2D eigenvalue weighted by Crippen LogP contribution is -2.03. The Bertz CT molecular complexity index is 532. The molecule has 0 saturated heterocycles. The zero-order valence-electron chi connectivity index (χ0n) is 9.74. The second kappa shape index (κ2) is 4.59. The quantitative estimate of drug-likeness (QED) is 0.864. The number of aliphatic hydroxyl groups is 1. The van der Waals surface area contributed by atoms with Crippen LogP contribution in [0.2, 0.25) is 0 Å². The predicted octanol–water partition coefficient (Wildman–Crippen LogP) is 2.39. The average molecular weight is 232 g/mol. The summed E-state index contributed by atoms with van der Waals surface area (Å²) < 4.78 is 13.6. The molecule has 2 rings (SSSR count). The van der Waals surface area contributed by atoms with Gasteiger partial charge in [-0.15, -0.1) is 0 Å². The third-order valence-corrected chi connectivity index (χ3v) is 2.69. The van der Waals surface area contributed by atoms with Crippen LogP contribution in [0, 0.1) is 19.7 Å². The molecule has 4 heteroatoms. The molecule has 0 aliphatic rings. The third-order valence-electron chi connectivity index (χ3n) is 2.69. The summed E-state index contributed by atoms with van der Waals surface area (Å²) in [5, 5.41) is 9.16. The lowest BCUT2D eigenvalue weighted by atomic mass is 10.1. The first kappa shape index (κ1) is 11.7. The molecule has 1 N–H and O–H groups in total. The number of halogens is 1. The Morgan fingerprint density at radius 3 is 2.24 bits per heavy atom. The molecule has 1 heterocycles. The minimum Gasteiger partial charge on any atom is -0.392 e. The lowest BCUT2D eigenvalue weighted by molar-refractivity contribution is 0.279. The van der Waals surface area contributed by atoms with Gasteiger partial charge in [-0.2, -0.15) is 0 Å². The molecule has 0 fully saturated rings. The highest BCUT2D eigenvalue weighted by molar-refractivity contribution is 5.56. The van der Waals surface area contributed by atoms with Gasteiger partial charge in [-0.25, -0.2) is 14.4 Å². The molecule has 0 bridgehead atoms. The van der Waals surface area contributed by atoms with Crippen LogP contribution >= 0.6 is 0 Å². The van der Waals surface area contributed by atoms with Crippen LogP contribution in [0.5, 0.6) is 0 Å². The second-order valence-electron chi connectivity index (χ2n) is 3.83. The van der Waals surface area contributed by atoms with Crippen molar-refractivity contribution in [2.24, 2.45) is 0 Å². The van der Waals surface area contributed by atoms with Gasteiger partial charge in [0, 0.05) is 17.0 Å². The Morgan fingerprint density at radius 2 is 1.71 bits per heavy atom. The van der Waals surface area contributed by atoms with Gasteiger partial charge in [0.2, 0.25) is 0 Å². The highest BCUT2D eigenvalue weighted by Crippen LogP contribution is 2.21.